The Kier molecular flexibility index (Phi) is 5.90. The number of hydrogen-bond donors (Lipinski definition) is 1. The maximum Gasteiger partial charge on any atom is 0.416 e. The Morgan fingerprint density at radius 3 is 2.61 bits per heavy atom. The number of fused-ring (bicyclic) bond motifs is 1. The lowest BCUT2D eigenvalue weighted by molar-refractivity contribution is -0.137. The van der Waals surface area contributed by atoms with Crippen LogP contribution in [-0.2, 0) is 10.9 Å². The van der Waals surface area contributed by atoms with Crippen LogP contribution < -0.4 is 10.2 Å². The molecule has 1 N–H and O–H groups in total. The molecule has 2 amide bonds. The van der Waals surface area contributed by atoms with E-state index >= 15 is 0 Å². The molecule has 3 aromatic rings. The van der Waals surface area contributed by atoms with E-state index in [4.69, 9.17) is 4.74 Å². The Morgan fingerprint density at radius 1 is 1.24 bits per heavy atom. The Bertz CT molecular complexity index is 1190. The van der Waals surface area contributed by atoms with Crippen molar-refractivity contribution in [2.24, 2.45) is 0 Å². The van der Waals surface area contributed by atoms with E-state index in [9.17, 15) is 22.8 Å². The molecule has 1 atom stereocenters. The maximum atomic E-state index is 13.4. The van der Waals surface area contributed by atoms with Crippen molar-refractivity contribution in [1.29, 1.82) is 0 Å². The minimum absolute atomic E-state index is 0.0338. The number of rotatable bonds is 5. The second-order valence-electron chi connectivity index (χ2n) is 7.56. The predicted octanol–water partition coefficient (Wildman–Crippen LogP) is 3.71. The van der Waals surface area contributed by atoms with Crippen LogP contribution in [0, 0.1) is 6.92 Å². The van der Waals surface area contributed by atoms with Gasteiger partial charge in [0.1, 0.15) is 5.69 Å². The summed E-state index contributed by atoms with van der Waals surface area (Å²) < 4.78 is 45.5. The predicted molar refractivity (Wildman–Crippen MR) is 113 cm³/mol. The number of amides is 2. The number of nitrogens with zero attached hydrogens (tertiary/aromatic N) is 4. The van der Waals surface area contributed by atoms with Gasteiger partial charge in [-0.05, 0) is 43.3 Å². The van der Waals surface area contributed by atoms with Gasteiger partial charge in [-0.25, -0.2) is 0 Å². The van der Waals surface area contributed by atoms with Crippen LogP contribution in [0.5, 0.6) is 0 Å². The zero-order valence-corrected chi connectivity index (χ0v) is 17.8. The Hall–Kier alpha value is -3.73. The molecule has 0 fully saturated rings. The summed E-state index contributed by atoms with van der Waals surface area (Å²) in [5, 5.41) is 6.95. The second kappa shape index (κ2) is 8.66. The fourth-order valence-corrected chi connectivity index (χ4v) is 3.71. The molecule has 8 nitrogen and oxygen atoms in total. The molecule has 1 aliphatic rings. The summed E-state index contributed by atoms with van der Waals surface area (Å²) in [7, 11) is 1.49. The molecule has 33 heavy (non-hydrogen) atoms. The molecule has 0 bridgehead atoms. The summed E-state index contributed by atoms with van der Waals surface area (Å²) in [5.41, 5.74) is 0.747. The summed E-state index contributed by atoms with van der Waals surface area (Å²) in [6.45, 7) is 2.08. The van der Waals surface area contributed by atoms with Crippen LogP contribution in [0.2, 0.25) is 0 Å². The zero-order chi connectivity index (χ0) is 23.8. The number of halogens is 3. The molecule has 0 saturated heterocycles. The summed E-state index contributed by atoms with van der Waals surface area (Å²) in [6.07, 6.45) is -1.64. The highest BCUT2D eigenvalue weighted by Crippen LogP contribution is 2.33. The number of anilines is 2. The first-order valence-corrected chi connectivity index (χ1v) is 9.98. The molecule has 3 heterocycles. The van der Waals surface area contributed by atoms with Gasteiger partial charge in [0.05, 0.1) is 36.5 Å². The summed E-state index contributed by atoms with van der Waals surface area (Å²) >= 11 is 0. The summed E-state index contributed by atoms with van der Waals surface area (Å²) in [6, 6.07) is 7.16. The van der Waals surface area contributed by atoms with Gasteiger partial charge in [-0.1, -0.05) is 0 Å². The van der Waals surface area contributed by atoms with Crippen molar-refractivity contribution in [3.05, 3.63) is 71.3 Å². The lowest BCUT2D eigenvalue weighted by atomic mass is 10.1. The number of aromatic nitrogens is 3. The Labute approximate surface area is 187 Å². The molecule has 0 saturated carbocycles. The van der Waals surface area contributed by atoms with Gasteiger partial charge in [0.15, 0.2) is 0 Å². The van der Waals surface area contributed by atoms with Gasteiger partial charge in [0.2, 0.25) is 0 Å². The number of carbonyl (C=O) groups is 2. The minimum atomic E-state index is -4.49. The van der Waals surface area contributed by atoms with Crippen LogP contribution in [0.25, 0.3) is 0 Å². The van der Waals surface area contributed by atoms with Crippen molar-refractivity contribution >= 4 is 23.2 Å². The van der Waals surface area contributed by atoms with E-state index in [0.29, 0.717) is 11.4 Å². The van der Waals surface area contributed by atoms with Gasteiger partial charge in [-0.3, -0.25) is 19.3 Å². The summed E-state index contributed by atoms with van der Waals surface area (Å²) in [4.78, 5) is 31.7. The zero-order valence-electron chi connectivity index (χ0n) is 17.8. The van der Waals surface area contributed by atoms with Crippen LogP contribution in [0.15, 0.2) is 48.8 Å². The molecule has 172 valence electrons. The molecule has 0 aliphatic carbocycles. The largest absolute Gasteiger partial charge is 0.416 e. The van der Waals surface area contributed by atoms with Crippen molar-refractivity contribution in [1.82, 2.24) is 14.8 Å². The van der Waals surface area contributed by atoms with E-state index in [1.165, 1.54) is 35.0 Å². The van der Waals surface area contributed by atoms with Gasteiger partial charge < -0.3 is 15.0 Å². The average molecular weight is 459 g/mol. The van der Waals surface area contributed by atoms with Gasteiger partial charge >= 0.3 is 6.18 Å². The highest BCUT2D eigenvalue weighted by atomic mass is 19.4. The van der Waals surface area contributed by atoms with Crippen LogP contribution in [-0.4, -0.2) is 46.8 Å². The molecular formula is C22H20F3N5O3. The fourth-order valence-electron chi connectivity index (χ4n) is 3.71. The number of alkyl halides is 3. The number of ether oxygens (including phenoxy) is 1. The highest BCUT2D eigenvalue weighted by Gasteiger charge is 2.37. The maximum absolute atomic E-state index is 13.4. The molecule has 4 rings (SSSR count). The third-order valence-electron chi connectivity index (χ3n) is 5.25. The number of carbonyl (C=O) groups excluding carboxylic acids is 2. The fraction of sp³-hybridized carbons (Fsp3) is 0.273. The summed E-state index contributed by atoms with van der Waals surface area (Å²) in [5.74, 6) is -1.09. The van der Waals surface area contributed by atoms with E-state index in [0.717, 1.165) is 12.1 Å². The van der Waals surface area contributed by atoms with Crippen molar-refractivity contribution < 1.29 is 27.5 Å². The lowest BCUT2D eigenvalue weighted by Gasteiger charge is -2.33. The highest BCUT2D eigenvalue weighted by molar-refractivity contribution is 6.15. The van der Waals surface area contributed by atoms with E-state index in [2.05, 4.69) is 15.4 Å². The Morgan fingerprint density at radius 2 is 1.97 bits per heavy atom. The Balaban J connectivity index is 1.68. The average Bonchev–Trinajstić information content (AvgIpc) is 3.21. The van der Waals surface area contributed by atoms with Crippen LogP contribution in [0.4, 0.5) is 24.5 Å². The standard InChI is InChI=1S/C22H20F3N5O3/c1-13-9-15(7-8-26-13)28-20(31)18-10-27-30-17(12-33-2)11-29(21(32)19(18)30)16-5-3-14(4-6-16)22(23,24)25/h3-10,17H,11-12H2,1-2H3,(H,26,28,31)/t17-/m0/s1. The number of nitrogens with one attached hydrogen (secondary N) is 1. The van der Waals surface area contributed by atoms with E-state index < -0.39 is 29.6 Å². The number of methoxy groups -OCH3 is 1. The molecule has 2 aromatic heterocycles. The van der Waals surface area contributed by atoms with E-state index in [1.54, 1.807) is 25.3 Å². The second-order valence-corrected chi connectivity index (χ2v) is 7.56. The van der Waals surface area contributed by atoms with Crippen LogP contribution in [0.1, 0.15) is 38.1 Å². The quantitative estimate of drug-likeness (QED) is 0.629. The van der Waals surface area contributed by atoms with Gasteiger partial charge in [0, 0.05) is 30.4 Å². The molecule has 11 heteroatoms. The van der Waals surface area contributed by atoms with E-state index in [1.807, 2.05) is 0 Å². The molecule has 1 aliphatic heterocycles. The topological polar surface area (TPSA) is 89.3 Å². The van der Waals surface area contributed by atoms with Gasteiger partial charge in [0.25, 0.3) is 11.8 Å². The van der Waals surface area contributed by atoms with Gasteiger partial charge in [-0.15, -0.1) is 0 Å². The van der Waals surface area contributed by atoms with Gasteiger partial charge in [-0.2, -0.15) is 18.3 Å². The molecule has 0 radical (unpaired) electrons. The third kappa shape index (κ3) is 4.44. The van der Waals surface area contributed by atoms with Crippen molar-refractivity contribution in [3.63, 3.8) is 0 Å². The van der Waals surface area contributed by atoms with Crippen molar-refractivity contribution in [3.8, 4) is 0 Å². The lowest BCUT2D eigenvalue weighted by Crippen LogP contribution is -2.45. The minimum Gasteiger partial charge on any atom is -0.382 e. The van der Waals surface area contributed by atoms with Crippen molar-refractivity contribution in [2.75, 3.05) is 30.5 Å². The van der Waals surface area contributed by atoms with E-state index in [-0.39, 0.29) is 30.1 Å². The molecule has 1 aromatic carbocycles. The first kappa shape index (κ1) is 22.5. The molecular weight excluding hydrogens is 439 g/mol. The smallest absolute Gasteiger partial charge is 0.382 e. The van der Waals surface area contributed by atoms with Crippen molar-refractivity contribution in [2.45, 2.75) is 19.1 Å². The molecule has 0 spiro atoms. The SMILES string of the molecule is COC[C@@H]1CN(c2ccc(C(F)(F)F)cc2)C(=O)c2c(C(=O)Nc3ccnc(C)c3)cnn21. The normalized spacial score (nSPS) is 16.0. The first-order valence-electron chi connectivity index (χ1n) is 9.98. The number of benzene rings is 1. The molecule has 0 unspecified atom stereocenters. The third-order valence-corrected chi connectivity index (χ3v) is 5.25. The van der Waals surface area contributed by atoms with Crippen LogP contribution in [0.3, 0.4) is 0 Å². The number of hydrogen-bond acceptors (Lipinski definition) is 5. The van der Waals surface area contributed by atoms with Crippen LogP contribution >= 0.6 is 0 Å². The monoisotopic (exact) mass is 459 g/mol. The number of pyridine rings is 1. The first-order chi connectivity index (χ1) is 15.7. The number of aryl methyl sites for hydroxylation is 1.